The Morgan fingerprint density at radius 2 is 2.13 bits per heavy atom. The van der Waals surface area contributed by atoms with Crippen molar-refractivity contribution in [3.05, 3.63) is 11.6 Å². The highest BCUT2D eigenvalue weighted by molar-refractivity contribution is 7.85. The third-order valence-corrected chi connectivity index (χ3v) is 3.57. The quantitative estimate of drug-likeness (QED) is 0.600. The Kier molecular flexibility index (Phi) is 5.48. The standard InChI is InChI=1S/C10H18O3S.H3N/c1-8(2)10-5-3-9(4-6-10)7-14(11,12)13;/h3,8,10H,4-7H2,1-2H3,(H,11,12,13);1H3/t10-;/m1./s1. The first-order valence-electron chi connectivity index (χ1n) is 5.00. The minimum absolute atomic E-state index is 0. The highest BCUT2D eigenvalue weighted by atomic mass is 32.2. The molecule has 0 aromatic carbocycles. The lowest BCUT2D eigenvalue weighted by atomic mass is 9.83. The fourth-order valence-electron chi connectivity index (χ4n) is 1.87. The summed E-state index contributed by atoms with van der Waals surface area (Å²) in [4.78, 5) is 0. The van der Waals surface area contributed by atoms with Crippen LogP contribution >= 0.6 is 0 Å². The van der Waals surface area contributed by atoms with Gasteiger partial charge in [-0.2, -0.15) is 0 Å². The molecule has 0 unspecified atom stereocenters. The molecule has 0 radical (unpaired) electrons. The minimum Gasteiger partial charge on any atom is -0.748 e. The normalized spacial score (nSPS) is 22.1. The second kappa shape index (κ2) is 5.63. The Hall–Kier alpha value is -0.390. The molecule has 15 heavy (non-hydrogen) atoms. The van der Waals surface area contributed by atoms with Crippen LogP contribution in [0.1, 0.15) is 33.1 Å². The zero-order chi connectivity index (χ0) is 10.8. The zero-order valence-electron chi connectivity index (χ0n) is 9.69. The summed E-state index contributed by atoms with van der Waals surface area (Å²) in [6.07, 6.45) is 4.63. The number of quaternary nitrogens is 1. The Morgan fingerprint density at radius 1 is 1.53 bits per heavy atom. The molecule has 1 rings (SSSR count). The van der Waals surface area contributed by atoms with Crippen molar-refractivity contribution in [1.82, 2.24) is 6.15 Å². The van der Waals surface area contributed by atoms with E-state index in [-0.39, 0.29) is 11.9 Å². The second-order valence-electron chi connectivity index (χ2n) is 4.34. The number of hydrogen-bond acceptors (Lipinski definition) is 3. The van der Waals surface area contributed by atoms with E-state index in [4.69, 9.17) is 0 Å². The Morgan fingerprint density at radius 3 is 2.47 bits per heavy atom. The van der Waals surface area contributed by atoms with E-state index in [0.717, 1.165) is 24.8 Å². The molecule has 90 valence electrons. The van der Waals surface area contributed by atoms with E-state index >= 15 is 0 Å². The molecule has 4 N–H and O–H groups in total. The van der Waals surface area contributed by atoms with E-state index < -0.39 is 10.1 Å². The lowest BCUT2D eigenvalue weighted by Crippen LogP contribution is -2.15. The van der Waals surface area contributed by atoms with Crippen LogP contribution in [0.4, 0.5) is 0 Å². The molecule has 0 aliphatic heterocycles. The van der Waals surface area contributed by atoms with Crippen LogP contribution in [0, 0.1) is 11.8 Å². The Balaban J connectivity index is 0.00000196. The molecule has 1 aliphatic carbocycles. The molecule has 4 nitrogen and oxygen atoms in total. The first-order valence-corrected chi connectivity index (χ1v) is 6.57. The maximum Gasteiger partial charge on any atom is 0.0985 e. The summed E-state index contributed by atoms with van der Waals surface area (Å²) < 4.78 is 31.6. The maximum absolute atomic E-state index is 10.5. The van der Waals surface area contributed by atoms with Crippen LogP contribution in [0.2, 0.25) is 0 Å². The molecule has 0 saturated carbocycles. The average molecular weight is 235 g/mol. The van der Waals surface area contributed by atoms with E-state index in [1.807, 2.05) is 6.08 Å². The molecule has 1 atom stereocenters. The van der Waals surface area contributed by atoms with Gasteiger partial charge in [-0.3, -0.25) is 0 Å². The van der Waals surface area contributed by atoms with Crippen LogP contribution in [-0.4, -0.2) is 18.7 Å². The van der Waals surface area contributed by atoms with Crippen molar-refractivity contribution >= 4 is 10.1 Å². The van der Waals surface area contributed by atoms with Crippen LogP contribution in [0.5, 0.6) is 0 Å². The lowest BCUT2D eigenvalue weighted by Gasteiger charge is -2.25. The summed E-state index contributed by atoms with van der Waals surface area (Å²) >= 11 is 0. The summed E-state index contributed by atoms with van der Waals surface area (Å²) in [6, 6.07) is 0. The molecule has 0 fully saturated rings. The van der Waals surface area contributed by atoms with Crippen molar-refractivity contribution in [1.29, 1.82) is 0 Å². The smallest absolute Gasteiger partial charge is 0.0985 e. The van der Waals surface area contributed by atoms with Crippen molar-refractivity contribution < 1.29 is 13.0 Å². The van der Waals surface area contributed by atoms with E-state index in [9.17, 15) is 13.0 Å². The molecule has 0 bridgehead atoms. The van der Waals surface area contributed by atoms with Crippen molar-refractivity contribution in [3.8, 4) is 0 Å². The van der Waals surface area contributed by atoms with E-state index in [2.05, 4.69) is 13.8 Å². The molecule has 0 amide bonds. The first-order chi connectivity index (χ1) is 6.38. The monoisotopic (exact) mass is 235 g/mol. The predicted octanol–water partition coefficient (Wildman–Crippen LogP) is 2.29. The van der Waals surface area contributed by atoms with Gasteiger partial charge in [0.05, 0.1) is 15.9 Å². The molecular formula is C10H21NO3S. The fraction of sp³-hybridized carbons (Fsp3) is 0.800. The van der Waals surface area contributed by atoms with Gasteiger partial charge in [0, 0.05) is 0 Å². The number of rotatable bonds is 3. The lowest BCUT2D eigenvalue weighted by molar-refractivity contribution is 0.350. The van der Waals surface area contributed by atoms with Gasteiger partial charge in [-0.15, -0.1) is 0 Å². The summed E-state index contributed by atoms with van der Waals surface area (Å²) in [6.45, 7) is 4.35. The largest absolute Gasteiger partial charge is 0.748 e. The fourth-order valence-corrected chi connectivity index (χ4v) is 2.59. The van der Waals surface area contributed by atoms with Gasteiger partial charge in [-0.05, 0) is 31.1 Å². The van der Waals surface area contributed by atoms with Crippen molar-refractivity contribution in [3.63, 3.8) is 0 Å². The Labute approximate surface area is 92.1 Å². The predicted molar refractivity (Wildman–Crippen MR) is 60.8 cm³/mol. The van der Waals surface area contributed by atoms with Crippen LogP contribution in [0.15, 0.2) is 11.6 Å². The molecule has 0 heterocycles. The maximum atomic E-state index is 10.5. The van der Waals surface area contributed by atoms with Crippen LogP contribution in [0.3, 0.4) is 0 Å². The molecule has 5 heteroatoms. The first kappa shape index (κ1) is 14.6. The van der Waals surface area contributed by atoms with Gasteiger partial charge in [0.25, 0.3) is 0 Å². The third kappa shape index (κ3) is 5.30. The van der Waals surface area contributed by atoms with Gasteiger partial charge in [-0.25, -0.2) is 8.42 Å². The molecule has 1 aliphatic rings. The van der Waals surface area contributed by atoms with Crippen LogP contribution in [0.25, 0.3) is 0 Å². The molecule has 0 aromatic rings. The van der Waals surface area contributed by atoms with Gasteiger partial charge in [0.15, 0.2) is 0 Å². The van der Waals surface area contributed by atoms with Gasteiger partial charge in [0.1, 0.15) is 0 Å². The van der Waals surface area contributed by atoms with Crippen molar-refractivity contribution in [2.24, 2.45) is 11.8 Å². The van der Waals surface area contributed by atoms with Crippen LogP contribution in [-0.2, 0) is 10.1 Å². The average Bonchev–Trinajstić information content (AvgIpc) is 2.02. The van der Waals surface area contributed by atoms with Crippen molar-refractivity contribution in [2.45, 2.75) is 33.1 Å². The molecule has 0 saturated heterocycles. The zero-order valence-corrected chi connectivity index (χ0v) is 10.5. The van der Waals surface area contributed by atoms with Crippen molar-refractivity contribution in [2.75, 3.05) is 5.75 Å². The third-order valence-electron chi connectivity index (χ3n) is 2.85. The van der Waals surface area contributed by atoms with Gasteiger partial charge < -0.3 is 10.7 Å². The highest BCUT2D eigenvalue weighted by Gasteiger charge is 2.17. The number of hydrogen-bond donors (Lipinski definition) is 1. The van der Waals surface area contributed by atoms with E-state index in [1.54, 1.807) is 0 Å². The van der Waals surface area contributed by atoms with Gasteiger partial charge in [-0.1, -0.05) is 25.5 Å². The van der Waals surface area contributed by atoms with Crippen LogP contribution < -0.4 is 6.15 Å². The summed E-state index contributed by atoms with van der Waals surface area (Å²) in [5.41, 5.74) is 0.803. The van der Waals surface area contributed by atoms with Gasteiger partial charge >= 0.3 is 0 Å². The summed E-state index contributed by atoms with van der Waals surface area (Å²) in [7, 11) is -4.08. The highest BCUT2D eigenvalue weighted by Crippen LogP contribution is 2.29. The summed E-state index contributed by atoms with van der Waals surface area (Å²) in [5, 5.41) is 0. The molecule has 0 spiro atoms. The SMILES string of the molecule is CC(C)[C@@H]1CC=C(CS(=O)(=O)[O-])CC1.[NH4+]. The summed E-state index contributed by atoms with van der Waals surface area (Å²) in [5.74, 6) is 0.988. The molecular weight excluding hydrogens is 214 g/mol. The number of allylic oxidation sites excluding steroid dienone is 1. The van der Waals surface area contributed by atoms with Gasteiger partial charge in [0.2, 0.25) is 0 Å². The van der Waals surface area contributed by atoms with E-state index in [1.165, 1.54) is 0 Å². The van der Waals surface area contributed by atoms with E-state index in [0.29, 0.717) is 11.8 Å². The molecule has 0 aromatic heterocycles. The second-order valence-corrected chi connectivity index (χ2v) is 5.75. The minimum atomic E-state index is -4.08. The Bertz CT molecular complexity index is 320. The topological polar surface area (TPSA) is 93.7 Å².